The van der Waals surface area contributed by atoms with Crippen LogP contribution in [0.5, 0.6) is 0 Å². The molecule has 0 spiro atoms. The van der Waals surface area contributed by atoms with Crippen LogP contribution in [0.3, 0.4) is 0 Å². The van der Waals surface area contributed by atoms with Crippen LogP contribution in [0, 0.1) is 56.7 Å². The number of nitrogens with one attached hydrogen (secondary N) is 1. The highest BCUT2D eigenvalue weighted by atomic mass is 32.2. The third-order valence-corrected chi connectivity index (χ3v) is 20.0. The molecular weight excluding hydrogens is 684 g/mol. The molecule has 6 aliphatic carbocycles. The van der Waals surface area contributed by atoms with E-state index in [1.165, 1.54) is 74.3 Å². The maximum atomic E-state index is 14.0. The van der Waals surface area contributed by atoms with Gasteiger partial charge in [0.05, 0.1) is 10.7 Å². The summed E-state index contributed by atoms with van der Waals surface area (Å²) in [5.74, 6) is 2.04. The molecule has 298 valence electrons. The van der Waals surface area contributed by atoms with Gasteiger partial charge in [0.25, 0.3) is 0 Å². The molecule has 1 saturated heterocycles. The zero-order valence-corrected chi connectivity index (χ0v) is 35.0. The Morgan fingerprint density at radius 2 is 1.64 bits per heavy atom. The minimum atomic E-state index is -2.96. The van der Waals surface area contributed by atoms with Crippen LogP contribution < -0.4 is 5.32 Å². The number of nitrogens with zero attached hydrogens (tertiary/aromatic N) is 1. The van der Waals surface area contributed by atoms with Crippen molar-refractivity contribution in [3.63, 3.8) is 0 Å². The molecule has 4 saturated carbocycles. The van der Waals surface area contributed by atoms with Crippen molar-refractivity contribution < 1.29 is 22.7 Å². The lowest BCUT2D eigenvalue weighted by molar-refractivity contribution is -0.221. The first-order chi connectivity index (χ1) is 24.8. The number of aliphatic carboxylic acids is 1. The van der Waals surface area contributed by atoms with Crippen LogP contribution >= 0.6 is 0 Å². The molecule has 0 aromatic carbocycles. The summed E-state index contributed by atoms with van der Waals surface area (Å²) in [6.45, 7) is 22.8. The third kappa shape index (κ3) is 6.10. The summed E-state index contributed by atoms with van der Waals surface area (Å²) in [5, 5.41) is 13.9. The summed E-state index contributed by atoms with van der Waals surface area (Å²) >= 11 is 0. The van der Waals surface area contributed by atoms with Crippen molar-refractivity contribution in [3.8, 4) is 0 Å². The maximum absolute atomic E-state index is 14.0. The highest BCUT2D eigenvalue weighted by molar-refractivity contribution is 7.91. The number of hydrogen-bond donors (Lipinski definition) is 2. The Bertz CT molecular complexity index is 1650. The normalized spacial score (nSPS) is 44.5. The molecule has 1 heterocycles. The molecule has 0 aromatic heterocycles. The second-order valence-corrected chi connectivity index (χ2v) is 23.2. The van der Waals surface area contributed by atoms with E-state index in [0.29, 0.717) is 42.4 Å². The zero-order valence-electron chi connectivity index (χ0n) is 34.2. The summed E-state index contributed by atoms with van der Waals surface area (Å²) in [6.07, 6.45) is 19.9. The Hall–Kier alpha value is -1.51. The number of hydrogen-bond acceptors (Lipinski definition) is 5. The maximum Gasteiger partial charge on any atom is 0.312 e. The average molecular weight is 755 g/mol. The van der Waals surface area contributed by atoms with Crippen LogP contribution in [-0.4, -0.2) is 74.3 Å². The lowest BCUT2D eigenvalue weighted by Crippen LogP contribution is -2.68. The summed E-state index contributed by atoms with van der Waals surface area (Å²) in [5.41, 5.74) is 3.65. The topological polar surface area (TPSA) is 86.7 Å². The van der Waals surface area contributed by atoms with Gasteiger partial charge in [0, 0.05) is 24.9 Å². The van der Waals surface area contributed by atoms with E-state index >= 15 is 0 Å². The minimum Gasteiger partial charge on any atom is -0.481 e. The van der Waals surface area contributed by atoms with Gasteiger partial charge < -0.3 is 15.3 Å². The number of alkyl halides is 1. The molecule has 53 heavy (non-hydrogen) atoms. The van der Waals surface area contributed by atoms with Crippen LogP contribution in [0.4, 0.5) is 4.39 Å². The Morgan fingerprint density at radius 3 is 2.25 bits per heavy atom. The number of carbonyl (C=O) groups is 1. The monoisotopic (exact) mass is 755 g/mol. The van der Waals surface area contributed by atoms with Gasteiger partial charge in [-0.15, -0.1) is 0 Å². The highest BCUT2D eigenvalue weighted by Crippen LogP contribution is 2.76. The van der Waals surface area contributed by atoms with Crippen molar-refractivity contribution in [2.24, 2.45) is 56.7 Å². The summed E-state index contributed by atoms with van der Waals surface area (Å²) in [4.78, 5) is 14.5. The first-order valence-electron chi connectivity index (χ1n) is 21.3. The predicted molar refractivity (Wildman–Crippen MR) is 213 cm³/mol. The first kappa shape index (κ1) is 39.7. The molecule has 1 aliphatic heterocycles. The fourth-order valence-corrected chi connectivity index (χ4v) is 16.2. The van der Waals surface area contributed by atoms with Crippen LogP contribution in [0.1, 0.15) is 131 Å². The molecule has 0 radical (unpaired) electrons. The average Bonchev–Trinajstić information content (AvgIpc) is 3.48. The van der Waals surface area contributed by atoms with Gasteiger partial charge in [-0.25, -0.2) is 12.8 Å². The van der Waals surface area contributed by atoms with E-state index < -0.39 is 27.9 Å². The highest BCUT2D eigenvalue weighted by Gasteiger charge is 2.70. The lowest BCUT2D eigenvalue weighted by atomic mass is 9.33. The van der Waals surface area contributed by atoms with Crippen molar-refractivity contribution in [2.45, 2.75) is 142 Å². The molecule has 10 atom stereocenters. The van der Waals surface area contributed by atoms with E-state index in [9.17, 15) is 22.7 Å². The van der Waals surface area contributed by atoms with Gasteiger partial charge in [-0.3, -0.25) is 4.79 Å². The van der Waals surface area contributed by atoms with Crippen LogP contribution in [-0.2, 0) is 14.6 Å². The Balaban J connectivity index is 1.11. The second-order valence-electron chi connectivity index (χ2n) is 20.8. The Kier molecular flexibility index (Phi) is 10.2. The predicted octanol–water partition coefficient (Wildman–Crippen LogP) is 9.18. The number of sulfone groups is 1. The quantitative estimate of drug-likeness (QED) is 0.229. The second kappa shape index (κ2) is 13.6. The lowest BCUT2D eigenvalue weighted by Gasteiger charge is -2.72. The number of halogens is 1. The number of likely N-dealkylation sites (tertiary alicyclic amines) is 1. The smallest absolute Gasteiger partial charge is 0.312 e. The van der Waals surface area contributed by atoms with Gasteiger partial charge in [0.15, 0.2) is 0 Å². The van der Waals surface area contributed by atoms with E-state index in [4.69, 9.17) is 0 Å². The molecule has 0 bridgehead atoms. The number of fused-ring (bicyclic) bond motifs is 7. The molecule has 5 fully saturated rings. The van der Waals surface area contributed by atoms with Gasteiger partial charge in [0.2, 0.25) is 0 Å². The van der Waals surface area contributed by atoms with Crippen LogP contribution in [0.15, 0.2) is 35.5 Å². The molecular formula is C45H71FN2O4S. The van der Waals surface area contributed by atoms with E-state index in [0.717, 1.165) is 45.4 Å². The minimum absolute atomic E-state index is 0.0148. The Labute approximate surface area is 321 Å². The molecule has 7 aliphatic rings. The third-order valence-electron chi connectivity index (χ3n) is 18.4. The van der Waals surface area contributed by atoms with Crippen molar-refractivity contribution in [1.82, 2.24) is 10.2 Å². The number of rotatable bonds is 9. The van der Waals surface area contributed by atoms with E-state index in [1.54, 1.807) is 0 Å². The van der Waals surface area contributed by atoms with Gasteiger partial charge in [-0.2, -0.15) is 0 Å². The van der Waals surface area contributed by atoms with Crippen molar-refractivity contribution in [2.75, 3.05) is 39.1 Å². The molecule has 6 nitrogen and oxygen atoms in total. The van der Waals surface area contributed by atoms with E-state index in [1.807, 2.05) is 0 Å². The SMILES string of the molecule is C=C(C)[C@@H]1CC[C@]2(NCCN3CCC(S(C)(=O)=O)CC3)CC[C@]3(C)[C@H](CC[C@@H]4[C@@]5(C)CC=C(C6=CC[C@](CF)(C(=O)O)CC6)C(C)(C)[C@@H]5CC[C@]43C)[C@@H]12. The fourth-order valence-electron chi connectivity index (χ4n) is 15.1. The van der Waals surface area contributed by atoms with Crippen LogP contribution in [0.2, 0.25) is 0 Å². The number of carboxylic acids is 1. The van der Waals surface area contributed by atoms with Crippen molar-refractivity contribution in [3.05, 3.63) is 35.5 Å². The number of carboxylic acid groups (broad SMARTS) is 1. The molecule has 0 unspecified atom stereocenters. The molecule has 2 N–H and O–H groups in total. The Morgan fingerprint density at radius 1 is 0.925 bits per heavy atom. The van der Waals surface area contributed by atoms with Crippen molar-refractivity contribution >= 4 is 15.8 Å². The molecule has 8 heteroatoms. The molecule has 0 amide bonds. The van der Waals surface area contributed by atoms with Gasteiger partial charge >= 0.3 is 5.97 Å². The first-order valence-corrected chi connectivity index (χ1v) is 23.2. The number of piperidine rings is 1. The van der Waals surface area contributed by atoms with E-state index in [2.05, 4.69) is 70.5 Å². The fraction of sp³-hybridized carbons (Fsp3) is 0.844. The molecule has 0 aromatic rings. The summed E-state index contributed by atoms with van der Waals surface area (Å²) in [6, 6.07) is 0. The number of allylic oxidation sites excluding steroid dienone is 5. The van der Waals surface area contributed by atoms with Crippen molar-refractivity contribution in [1.29, 1.82) is 0 Å². The van der Waals surface area contributed by atoms with Crippen LogP contribution in [0.25, 0.3) is 0 Å². The van der Waals surface area contributed by atoms with Gasteiger partial charge in [-0.05, 0) is 172 Å². The molecule has 7 rings (SSSR count). The standard InChI is InChI=1S/C45H71FN2O4S/c1-30(2)33-13-22-45(47-25-28-48-26-16-32(17-27-48)53(8,51)52)24-23-42(6)35(38(33)45)9-10-37-41(5)18-14-34(40(3,4)36(41)15-19-43(37,42)7)31-11-20-44(29-46,21-12-31)39(49)50/h11,14,32-33,35-38,47H,1,9-10,12-13,15-29H2,2-8H3,(H,49,50)/t33-,35+,36-,37+,38+,41-,42+,43+,44-,45-/m0/s1. The summed E-state index contributed by atoms with van der Waals surface area (Å²) < 4.78 is 38.3. The summed E-state index contributed by atoms with van der Waals surface area (Å²) in [7, 11) is -2.96. The van der Waals surface area contributed by atoms with E-state index in [-0.39, 0.29) is 38.9 Å². The zero-order chi connectivity index (χ0) is 38.4. The van der Waals surface area contributed by atoms with Gasteiger partial charge in [0.1, 0.15) is 16.5 Å². The van der Waals surface area contributed by atoms with Gasteiger partial charge in [-0.1, -0.05) is 58.9 Å². The largest absolute Gasteiger partial charge is 0.481 e.